The molecule has 1 amide bonds. The molecule has 1 aromatic carbocycles. The largest absolute Gasteiger partial charge is 0.508 e. The Bertz CT molecular complexity index is 1540. The van der Waals surface area contributed by atoms with Gasteiger partial charge in [0.25, 0.3) is 5.56 Å². The van der Waals surface area contributed by atoms with Crippen LogP contribution in [0.5, 0.6) is 5.75 Å². The number of aromatic hydroxyl groups is 1. The number of aromatic nitrogens is 2. The molecule has 0 bridgehead atoms. The third-order valence-corrected chi connectivity index (χ3v) is 7.93. The Morgan fingerprint density at radius 2 is 1.94 bits per heavy atom. The van der Waals surface area contributed by atoms with Gasteiger partial charge >= 0.3 is 5.97 Å². The number of phenols is 1. The smallest absolute Gasteiger partial charge is 0.343 e. The van der Waals surface area contributed by atoms with Crippen molar-refractivity contribution < 1.29 is 24.5 Å². The van der Waals surface area contributed by atoms with E-state index in [1.54, 1.807) is 34.6 Å². The predicted octanol–water partition coefficient (Wildman–Crippen LogP) is 2.47. The van der Waals surface area contributed by atoms with Crippen molar-refractivity contribution in [2.45, 2.75) is 64.8 Å². The molecule has 36 heavy (non-hydrogen) atoms. The highest BCUT2D eigenvalue weighted by molar-refractivity contribution is 5.93. The summed E-state index contributed by atoms with van der Waals surface area (Å²) < 4.78 is 6.78. The van der Waals surface area contributed by atoms with Crippen LogP contribution in [0.3, 0.4) is 0 Å². The van der Waals surface area contributed by atoms with Gasteiger partial charge in [-0.05, 0) is 43.0 Å². The van der Waals surface area contributed by atoms with Crippen LogP contribution in [0.4, 0.5) is 0 Å². The van der Waals surface area contributed by atoms with Crippen LogP contribution in [-0.4, -0.2) is 43.1 Å². The Balaban J connectivity index is 1.58. The van der Waals surface area contributed by atoms with Crippen molar-refractivity contribution in [2.24, 2.45) is 0 Å². The van der Waals surface area contributed by atoms with Crippen molar-refractivity contribution >= 4 is 22.8 Å². The molecule has 0 spiro atoms. The molecule has 3 aromatic rings. The van der Waals surface area contributed by atoms with Crippen molar-refractivity contribution in [2.75, 3.05) is 6.54 Å². The third-order valence-electron chi connectivity index (χ3n) is 7.93. The maximum atomic E-state index is 13.5. The Hall–Kier alpha value is -3.72. The molecule has 3 aliphatic heterocycles. The highest BCUT2D eigenvalue weighted by Gasteiger charge is 2.45. The van der Waals surface area contributed by atoms with Crippen LogP contribution in [0.2, 0.25) is 0 Å². The van der Waals surface area contributed by atoms with Crippen molar-refractivity contribution in [1.29, 1.82) is 0 Å². The first-order valence-corrected chi connectivity index (χ1v) is 12.4. The van der Waals surface area contributed by atoms with Crippen LogP contribution in [0.25, 0.3) is 22.3 Å². The zero-order valence-electron chi connectivity index (χ0n) is 20.3. The van der Waals surface area contributed by atoms with Gasteiger partial charge in [0.2, 0.25) is 5.91 Å². The molecule has 0 radical (unpaired) electrons. The zero-order valence-corrected chi connectivity index (χ0v) is 20.3. The third kappa shape index (κ3) is 2.98. The monoisotopic (exact) mass is 489 g/mol. The van der Waals surface area contributed by atoms with E-state index in [1.165, 1.54) is 0 Å². The minimum Gasteiger partial charge on any atom is -0.508 e. The van der Waals surface area contributed by atoms with Crippen molar-refractivity contribution in [3.63, 3.8) is 0 Å². The van der Waals surface area contributed by atoms with Gasteiger partial charge in [-0.25, -0.2) is 9.78 Å². The van der Waals surface area contributed by atoms with E-state index in [9.17, 15) is 24.6 Å². The number of aliphatic hydroxyl groups is 1. The lowest BCUT2D eigenvalue weighted by atomic mass is 9.86. The molecule has 1 saturated heterocycles. The minimum atomic E-state index is -1.88. The molecule has 1 atom stereocenters. The fourth-order valence-electron chi connectivity index (χ4n) is 5.94. The second-order valence-electron chi connectivity index (χ2n) is 9.75. The predicted molar refractivity (Wildman–Crippen MR) is 130 cm³/mol. The summed E-state index contributed by atoms with van der Waals surface area (Å²) in [5.41, 5.74) is 2.72. The van der Waals surface area contributed by atoms with E-state index in [1.807, 2.05) is 6.92 Å². The molecule has 3 aliphatic rings. The molecule has 2 N–H and O–H groups in total. The van der Waals surface area contributed by atoms with Crippen LogP contribution in [0, 0.1) is 0 Å². The normalized spacial score (nSPS) is 20.5. The van der Waals surface area contributed by atoms with Crippen LogP contribution >= 0.6 is 0 Å². The number of hydrogen-bond acceptors (Lipinski definition) is 7. The summed E-state index contributed by atoms with van der Waals surface area (Å²) in [5.74, 6) is -0.564. The van der Waals surface area contributed by atoms with Gasteiger partial charge in [-0.3, -0.25) is 9.59 Å². The van der Waals surface area contributed by atoms with Gasteiger partial charge in [0.15, 0.2) is 5.60 Å². The van der Waals surface area contributed by atoms with E-state index in [-0.39, 0.29) is 41.4 Å². The van der Waals surface area contributed by atoms with Crippen molar-refractivity contribution in [3.05, 3.63) is 56.4 Å². The molecule has 6 rings (SSSR count). The highest BCUT2D eigenvalue weighted by atomic mass is 16.6. The quantitative estimate of drug-likeness (QED) is 0.422. The lowest BCUT2D eigenvalue weighted by molar-refractivity contribution is -0.172. The van der Waals surface area contributed by atoms with Crippen molar-refractivity contribution in [3.8, 4) is 17.1 Å². The number of carbonyl (C=O) groups excluding carboxylic acids is 2. The maximum absolute atomic E-state index is 13.5. The number of phenolic OH excluding ortho intramolecular Hbond substituents is 1. The van der Waals surface area contributed by atoms with Gasteiger partial charge in [-0.15, -0.1) is 0 Å². The fraction of sp³-hybridized carbons (Fsp3) is 0.407. The number of hydrogen-bond donors (Lipinski definition) is 2. The fourth-order valence-corrected chi connectivity index (χ4v) is 5.94. The summed E-state index contributed by atoms with van der Waals surface area (Å²) in [4.78, 5) is 44.9. The first-order chi connectivity index (χ1) is 17.3. The van der Waals surface area contributed by atoms with Crippen LogP contribution in [0.15, 0.2) is 23.0 Å². The summed E-state index contributed by atoms with van der Waals surface area (Å²) >= 11 is 0. The average molecular weight is 490 g/mol. The number of esters is 1. The molecule has 0 saturated carbocycles. The van der Waals surface area contributed by atoms with E-state index in [4.69, 9.17) is 9.72 Å². The number of rotatable bonds is 4. The molecule has 0 aliphatic carbocycles. The molecule has 186 valence electrons. The van der Waals surface area contributed by atoms with Crippen molar-refractivity contribution in [1.82, 2.24) is 14.5 Å². The Morgan fingerprint density at radius 3 is 2.64 bits per heavy atom. The number of aryl methyl sites for hydroxylation is 1. The Labute approximate surface area is 206 Å². The summed E-state index contributed by atoms with van der Waals surface area (Å²) in [7, 11) is 0. The number of amides is 1. The van der Waals surface area contributed by atoms with E-state index < -0.39 is 11.6 Å². The molecule has 9 nitrogen and oxygen atoms in total. The molecule has 1 fully saturated rings. The summed E-state index contributed by atoms with van der Waals surface area (Å²) in [5, 5.41) is 22.7. The van der Waals surface area contributed by atoms with Crippen LogP contribution < -0.4 is 5.56 Å². The summed E-state index contributed by atoms with van der Waals surface area (Å²) in [6.45, 7) is 4.77. The van der Waals surface area contributed by atoms with E-state index in [2.05, 4.69) is 0 Å². The average Bonchev–Trinajstić information content (AvgIpc) is 3.45. The van der Waals surface area contributed by atoms with Gasteiger partial charge < -0.3 is 24.4 Å². The first-order valence-electron chi connectivity index (χ1n) is 12.4. The van der Waals surface area contributed by atoms with Gasteiger partial charge in [0, 0.05) is 41.6 Å². The molecule has 5 heterocycles. The molecular formula is C27H27N3O6. The standard InChI is InChI=1S/C27H27N3O6/c1-3-14-15-12-30-20(10-18-17(25(30)33)13-36-26(34)27(18,35)4-2)24(15)28-19-7-8-21(31)16(23(14)19)11-29-9-5-6-22(29)32/h7-8,10,31,35H,3-6,9,11-13H2,1-2H3/t27-/m0/s1. The number of fused-ring (bicyclic) bond motifs is 5. The highest BCUT2D eigenvalue weighted by Crippen LogP contribution is 2.42. The van der Waals surface area contributed by atoms with E-state index in [0.717, 1.165) is 22.9 Å². The van der Waals surface area contributed by atoms with Gasteiger partial charge in [-0.2, -0.15) is 0 Å². The summed E-state index contributed by atoms with van der Waals surface area (Å²) in [6, 6.07) is 5.05. The maximum Gasteiger partial charge on any atom is 0.343 e. The topological polar surface area (TPSA) is 122 Å². The zero-order chi connectivity index (χ0) is 25.4. The van der Waals surface area contributed by atoms with Gasteiger partial charge in [0.1, 0.15) is 12.4 Å². The number of carbonyl (C=O) groups is 2. The number of nitrogens with zero attached hydrogens (tertiary/aromatic N) is 3. The van der Waals surface area contributed by atoms with Gasteiger partial charge in [-0.1, -0.05) is 13.8 Å². The van der Waals surface area contributed by atoms with Crippen LogP contribution in [-0.2, 0) is 46.0 Å². The molecule has 2 aromatic heterocycles. The Kier molecular flexibility index (Phi) is 4.98. The van der Waals surface area contributed by atoms with Gasteiger partial charge in [0.05, 0.1) is 29.0 Å². The molecule has 0 unspecified atom stereocenters. The lowest BCUT2D eigenvalue weighted by Gasteiger charge is -2.31. The second kappa shape index (κ2) is 7.89. The Morgan fingerprint density at radius 1 is 1.14 bits per heavy atom. The number of ether oxygens (including phenoxy) is 1. The van der Waals surface area contributed by atoms with E-state index in [0.29, 0.717) is 54.9 Å². The number of benzene rings is 1. The lowest BCUT2D eigenvalue weighted by Crippen LogP contribution is -2.44. The summed E-state index contributed by atoms with van der Waals surface area (Å²) in [6.07, 6.45) is 2.03. The number of cyclic esters (lactones) is 1. The first kappa shape index (κ1) is 22.7. The minimum absolute atomic E-state index is 0.0725. The number of likely N-dealkylation sites (tertiary alicyclic amines) is 1. The SMILES string of the molecule is CCc1c2c(nc3ccc(O)c(CN4CCCC4=O)c13)-c1cc3c(c(=O)n1C2)COC(=O)[C@]3(O)CC. The van der Waals surface area contributed by atoms with E-state index >= 15 is 0 Å². The second-order valence-corrected chi connectivity index (χ2v) is 9.75. The number of pyridine rings is 2. The van der Waals surface area contributed by atoms with Crippen LogP contribution in [0.1, 0.15) is 60.9 Å². The molecule has 9 heteroatoms. The molecular weight excluding hydrogens is 462 g/mol.